The molecule has 7 nitrogen and oxygen atoms in total. The Labute approximate surface area is 98.6 Å². The number of carbonyl (C=O) groups is 2. The molecule has 0 aromatic carbocycles. The van der Waals surface area contributed by atoms with Crippen molar-refractivity contribution in [2.45, 2.75) is 13.0 Å². The number of nitrogens with zero attached hydrogens (tertiary/aromatic N) is 2. The molecular weight excluding hydrogens is 224 g/mol. The van der Waals surface area contributed by atoms with Gasteiger partial charge in [-0.1, -0.05) is 0 Å². The number of hydrogen-bond donors (Lipinski definition) is 2. The predicted molar refractivity (Wildman–Crippen MR) is 60.5 cm³/mol. The minimum absolute atomic E-state index is 0.0848. The van der Waals surface area contributed by atoms with E-state index in [0.717, 1.165) is 0 Å². The first-order valence-corrected chi connectivity index (χ1v) is 4.97. The van der Waals surface area contributed by atoms with Gasteiger partial charge in [0.1, 0.15) is 11.9 Å². The first-order chi connectivity index (χ1) is 8.08. The van der Waals surface area contributed by atoms with Crippen LogP contribution in [0, 0.1) is 0 Å². The van der Waals surface area contributed by atoms with Crippen LogP contribution in [0.4, 0.5) is 5.82 Å². The summed E-state index contributed by atoms with van der Waals surface area (Å²) < 4.78 is 4.52. The Morgan fingerprint density at radius 2 is 2.12 bits per heavy atom. The highest BCUT2D eigenvalue weighted by Crippen LogP contribution is 2.05. The molecule has 1 aromatic heterocycles. The van der Waals surface area contributed by atoms with E-state index in [4.69, 9.17) is 0 Å². The van der Waals surface area contributed by atoms with Crippen molar-refractivity contribution >= 4 is 17.7 Å². The number of hydrogen-bond acceptors (Lipinski definition) is 6. The largest absolute Gasteiger partial charge is 0.464 e. The number of methoxy groups -OCH3 is 1. The third kappa shape index (κ3) is 3.40. The van der Waals surface area contributed by atoms with Crippen molar-refractivity contribution in [3.05, 3.63) is 18.1 Å². The molecule has 0 aliphatic carbocycles. The van der Waals surface area contributed by atoms with Crippen molar-refractivity contribution < 1.29 is 14.3 Å². The van der Waals surface area contributed by atoms with Gasteiger partial charge in [0, 0.05) is 7.05 Å². The lowest BCUT2D eigenvalue weighted by Gasteiger charge is -2.12. The molecule has 1 atom stereocenters. The Hall–Kier alpha value is -2.18. The van der Waals surface area contributed by atoms with Gasteiger partial charge in [-0.3, -0.25) is 9.78 Å². The van der Waals surface area contributed by atoms with Crippen molar-refractivity contribution in [3.63, 3.8) is 0 Å². The molecule has 2 N–H and O–H groups in total. The maximum absolute atomic E-state index is 11.3. The third-order valence-corrected chi connectivity index (χ3v) is 2.03. The van der Waals surface area contributed by atoms with Crippen LogP contribution >= 0.6 is 0 Å². The van der Waals surface area contributed by atoms with Gasteiger partial charge in [0.15, 0.2) is 5.69 Å². The molecule has 1 heterocycles. The number of esters is 1. The Morgan fingerprint density at radius 3 is 2.71 bits per heavy atom. The van der Waals surface area contributed by atoms with E-state index >= 15 is 0 Å². The summed E-state index contributed by atoms with van der Waals surface area (Å²) in [6.07, 6.45) is 2.72. The predicted octanol–water partition coefficient (Wildman–Crippen LogP) is -0.190. The molecule has 0 aliphatic rings. The number of rotatable bonds is 4. The fourth-order valence-electron chi connectivity index (χ4n) is 1.14. The molecule has 17 heavy (non-hydrogen) atoms. The van der Waals surface area contributed by atoms with Crippen molar-refractivity contribution in [3.8, 4) is 0 Å². The van der Waals surface area contributed by atoms with Gasteiger partial charge in [-0.25, -0.2) is 9.78 Å². The van der Waals surface area contributed by atoms with E-state index in [2.05, 4.69) is 25.3 Å². The highest BCUT2D eigenvalue weighted by molar-refractivity contribution is 5.87. The van der Waals surface area contributed by atoms with Crippen molar-refractivity contribution in [2.24, 2.45) is 0 Å². The van der Waals surface area contributed by atoms with Gasteiger partial charge in [-0.05, 0) is 6.92 Å². The van der Waals surface area contributed by atoms with Crippen molar-refractivity contribution in [1.29, 1.82) is 0 Å². The summed E-state index contributed by atoms with van der Waals surface area (Å²) in [5, 5.41) is 5.31. The van der Waals surface area contributed by atoms with Gasteiger partial charge < -0.3 is 15.4 Å². The lowest BCUT2D eigenvalue weighted by molar-refractivity contribution is -0.121. The van der Waals surface area contributed by atoms with E-state index < -0.39 is 12.0 Å². The number of likely N-dealkylation sites (N-methyl/N-ethyl adjacent to an activating group) is 1. The van der Waals surface area contributed by atoms with Crippen LogP contribution in [0.2, 0.25) is 0 Å². The second-order valence-electron chi connectivity index (χ2n) is 3.26. The number of ether oxygens (including phenoxy) is 1. The summed E-state index contributed by atoms with van der Waals surface area (Å²) in [5.41, 5.74) is 0.0848. The SMILES string of the molecule is CNC(=O)C(C)Nc1cncc(C(=O)OC)n1. The Bertz CT molecular complexity index is 422. The minimum atomic E-state index is -0.575. The van der Waals surface area contributed by atoms with Gasteiger partial charge >= 0.3 is 5.97 Å². The molecule has 1 rings (SSSR count). The summed E-state index contributed by atoms with van der Waals surface area (Å²) in [7, 11) is 2.80. The van der Waals surface area contributed by atoms with Crippen LogP contribution in [-0.2, 0) is 9.53 Å². The van der Waals surface area contributed by atoms with E-state index in [1.807, 2.05) is 0 Å². The maximum Gasteiger partial charge on any atom is 0.358 e. The molecule has 92 valence electrons. The Morgan fingerprint density at radius 1 is 1.41 bits per heavy atom. The minimum Gasteiger partial charge on any atom is -0.464 e. The Kier molecular flexibility index (Phi) is 4.38. The van der Waals surface area contributed by atoms with E-state index in [1.165, 1.54) is 26.6 Å². The number of amides is 1. The van der Waals surface area contributed by atoms with Crippen molar-refractivity contribution in [1.82, 2.24) is 15.3 Å². The summed E-state index contributed by atoms with van der Waals surface area (Å²) in [6, 6.07) is -0.470. The number of aromatic nitrogens is 2. The van der Waals surface area contributed by atoms with Crippen LogP contribution in [-0.4, -0.2) is 42.0 Å². The van der Waals surface area contributed by atoms with Crippen LogP contribution in [0.3, 0.4) is 0 Å². The van der Waals surface area contributed by atoms with Gasteiger partial charge in [0.05, 0.1) is 19.5 Å². The lowest BCUT2D eigenvalue weighted by atomic mass is 10.3. The van der Waals surface area contributed by atoms with E-state index in [-0.39, 0.29) is 11.6 Å². The van der Waals surface area contributed by atoms with E-state index in [0.29, 0.717) is 5.82 Å². The second-order valence-corrected chi connectivity index (χ2v) is 3.26. The maximum atomic E-state index is 11.3. The highest BCUT2D eigenvalue weighted by Gasteiger charge is 2.13. The summed E-state index contributed by atoms with van der Waals surface area (Å²) in [4.78, 5) is 30.3. The molecule has 0 saturated carbocycles. The fraction of sp³-hybridized carbons (Fsp3) is 0.400. The van der Waals surface area contributed by atoms with Gasteiger partial charge in [0.25, 0.3) is 0 Å². The normalized spacial score (nSPS) is 11.5. The van der Waals surface area contributed by atoms with E-state index in [1.54, 1.807) is 6.92 Å². The summed E-state index contributed by atoms with van der Waals surface area (Å²) in [5.74, 6) is -0.423. The molecule has 0 radical (unpaired) electrons. The zero-order chi connectivity index (χ0) is 12.8. The summed E-state index contributed by atoms with van der Waals surface area (Å²) >= 11 is 0. The average Bonchev–Trinajstić information content (AvgIpc) is 2.37. The molecular formula is C10H14N4O3. The Balaban J connectivity index is 2.79. The van der Waals surface area contributed by atoms with Crippen LogP contribution in [0.15, 0.2) is 12.4 Å². The fourth-order valence-corrected chi connectivity index (χ4v) is 1.14. The zero-order valence-electron chi connectivity index (χ0n) is 9.85. The number of carbonyl (C=O) groups excluding carboxylic acids is 2. The van der Waals surface area contributed by atoms with Crippen LogP contribution in [0.1, 0.15) is 17.4 Å². The monoisotopic (exact) mass is 238 g/mol. The number of nitrogens with one attached hydrogen (secondary N) is 2. The molecule has 1 aromatic rings. The molecule has 0 aliphatic heterocycles. The van der Waals surface area contributed by atoms with E-state index in [9.17, 15) is 9.59 Å². The topological polar surface area (TPSA) is 93.2 Å². The summed E-state index contributed by atoms with van der Waals surface area (Å²) in [6.45, 7) is 1.67. The second kappa shape index (κ2) is 5.78. The highest BCUT2D eigenvalue weighted by atomic mass is 16.5. The standard InChI is InChI=1S/C10H14N4O3/c1-6(9(15)11-2)13-8-5-12-4-7(14-8)10(16)17-3/h4-6H,1-3H3,(H,11,15)(H,13,14). The first-order valence-electron chi connectivity index (χ1n) is 4.97. The van der Waals surface area contributed by atoms with Crippen LogP contribution in [0.25, 0.3) is 0 Å². The van der Waals surface area contributed by atoms with Gasteiger partial charge in [0.2, 0.25) is 5.91 Å². The molecule has 0 fully saturated rings. The van der Waals surface area contributed by atoms with Gasteiger partial charge in [-0.2, -0.15) is 0 Å². The number of anilines is 1. The van der Waals surface area contributed by atoms with Crippen molar-refractivity contribution in [2.75, 3.05) is 19.5 Å². The lowest BCUT2D eigenvalue weighted by Crippen LogP contribution is -2.35. The first kappa shape index (κ1) is 12.9. The molecule has 0 saturated heterocycles. The smallest absolute Gasteiger partial charge is 0.358 e. The third-order valence-electron chi connectivity index (χ3n) is 2.03. The molecule has 0 bridgehead atoms. The van der Waals surface area contributed by atoms with Gasteiger partial charge in [-0.15, -0.1) is 0 Å². The molecule has 0 spiro atoms. The average molecular weight is 238 g/mol. The van der Waals surface area contributed by atoms with Crippen LogP contribution < -0.4 is 10.6 Å². The molecule has 1 unspecified atom stereocenters. The van der Waals surface area contributed by atoms with Crippen LogP contribution in [0.5, 0.6) is 0 Å². The zero-order valence-corrected chi connectivity index (χ0v) is 9.85. The molecule has 7 heteroatoms. The quantitative estimate of drug-likeness (QED) is 0.706. The molecule has 1 amide bonds.